The quantitative estimate of drug-likeness (QED) is 0.520. The highest BCUT2D eigenvalue weighted by molar-refractivity contribution is 5.65. The Labute approximate surface area is 59.1 Å². The van der Waals surface area contributed by atoms with Crippen LogP contribution in [0.2, 0.25) is 0 Å². The minimum absolute atomic E-state index is 0.469. The topological polar surface area (TPSA) is 60.8 Å². The average Bonchev–Trinajstić information content (AvgIpc) is 1.88. The summed E-state index contributed by atoms with van der Waals surface area (Å²) < 4.78 is 0. The number of aliphatic hydroxyl groups is 1. The Bertz CT molecular complexity index is 137. The molecule has 1 amide bonds. The van der Waals surface area contributed by atoms with E-state index in [9.17, 15) is 4.79 Å². The molecule has 1 heterocycles. The van der Waals surface area contributed by atoms with Gasteiger partial charge < -0.3 is 10.2 Å². The van der Waals surface area contributed by atoms with Crippen molar-refractivity contribution >= 4 is 6.09 Å². The molecule has 1 aliphatic heterocycles. The second-order valence-electron chi connectivity index (χ2n) is 2.45. The zero-order chi connectivity index (χ0) is 7.56. The number of nitrogens with zero attached hydrogens (tertiary/aromatic N) is 1. The Balaban J connectivity index is 2.47. The van der Waals surface area contributed by atoms with Gasteiger partial charge in [-0.2, -0.15) is 0 Å². The van der Waals surface area contributed by atoms with E-state index in [2.05, 4.69) is 0 Å². The Hall–Kier alpha value is -0.770. The first-order valence-corrected chi connectivity index (χ1v) is 3.39. The van der Waals surface area contributed by atoms with E-state index < -0.39 is 12.3 Å². The van der Waals surface area contributed by atoms with Gasteiger partial charge in [0.05, 0.1) is 0 Å². The second-order valence-corrected chi connectivity index (χ2v) is 2.45. The van der Waals surface area contributed by atoms with Crippen LogP contribution in [0, 0.1) is 0 Å². The number of carbonyl (C=O) groups is 1. The molecule has 1 fully saturated rings. The summed E-state index contributed by atoms with van der Waals surface area (Å²) in [6.07, 6.45) is 0.569. The molecule has 0 saturated carbocycles. The van der Waals surface area contributed by atoms with Crippen molar-refractivity contribution in [2.45, 2.75) is 25.5 Å². The molecule has 0 bridgehead atoms. The van der Waals surface area contributed by atoms with Gasteiger partial charge in [-0.1, -0.05) is 0 Å². The van der Waals surface area contributed by atoms with E-state index in [-0.39, 0.29) is 0 Å². The Morgan fingerprint density at radius 1 is 1.50 bits per heavy atom. The molecule has 4 heteroatoms. The average molecular weight is 145 g/mol. The third kappa shape index (κ3) is 1.39. The highest BCUT2D eigenvalue weighted by Gasteiger charge is 2.23. The molecule has 58 valence electrons. The third-order valence-electron chi connectivity index (χ3n) is 1.72. The molecule has 1 aliphatic rings. The maximum atomic E-state index is 10.3. The summed E-state index contributed by atoms with van der Waals surface area (Å²) in [6, 6.07) is 0. The van der Waals surface area contributed by atoms with E-state index in [1.165, 1.54) is 0 Å². The molecule has 1 saturated heterocycles. The molecule has 0 aliphatic carbocycles. The highest BCUT2D eigenvalue weighted by atomic mass is 16.4. The molecule has 1 rings (SSSR count). The van der Waals surface area contributed by atoms with E-state index in [0.717, 1.165) is 17.7 Å². The number of amides is 1. The van der Waals surface area contributed by atoms with Crippen LogP contribution in [0.5, 0.6) is 0 Å². The van der Waals surface area contributed by atoms with Gasteiger partial charge in [0.1, 0.15) is 6.23 Å². The largest absolute Gasteiger partial charge is 0.465 e. The van der Waals surface area contributed by atoms with Crippen LogP contribution in [0.15, 0.2) is 0 Å². The summed E-state index contributed by atoms with van der Waals surface area (Å²) in [5, 5.41) is 17.6. The summed E-state index contributed by atoms with van der Waals surface area (Å²) in [4.78, 5) is 11.4. The highest BCUT2D eigenvalue weighted by Crippen LogP contribution is 2.13. The number of rotatable bonds is 0. The third-order valence-corrected chi connectivity index (χ3v) is 1.72. The summed E-state index contributed by atoms with van der Waals surface area (Å²) in [6.45, 7) is 0.469. The van der Waals surface area contributed by atoms with Crippen LogP contribution in [0.25, 0.3) is 0 Å². The van der Waals surface area contributed by atoms with Gasteiger partial charge in [-0.3, -0.25) is 4.90 Å². The molecule has 0 aromatic heterocycles. The zero-order valence-electron chi connectivity index (χ0n) is 5.66. The Morgan fingerprint density at radius 2 is 2.20 bits per heavy atom. The maximum Gasteiger partial charge on any atom is 0.409 e. The van der Waals surface area contributed by atoms with Crippen molar-refractivity contribution in [3.63, 3.8) is 0 Å². The van der Waals surface area contributed by atoms with Crippen LogP contribution in [0.4, 0.5) is 4.79 Å². The van der Waals surface area contributed by atoms with Crippen molar-refractivity contribution in [3.8, 4) is 0 Å². The summed E-state index contributed by atoms with van der Waals surface area (Å²) in [7, 11) is 0. The van der Waals surface area contributed by atoms with E-state index in [1.807, 2.05) is 0 Å². The molecule has 2 N–H and O–H groups in total. The normalized spacial score (nSPS) is 26.5. The van der Waals surface area contributed by atoms with Gasteiger partial charge in [-0.15, -0.1) is 0 Å². The molecular weight excluding hydrogens is 134 g/mol. The standard InChI is InChI=1S/C6H11NO3/c8-5-3-1-2-4-7(5)6(9)10/h5,8H,1-4H2,(H,9,10). The van der Waals surface area contributed by atoms with Gasteiger partial charge in [-0.05, 0) is 19.3 Å². The molecule has 1 atom stereocenters. The minimum Gasteiger partial charge on any atom is -0.465 e. The lowest BCUT2D eigenvalue weighted by Gasteiger charge is -2.29. The monoisotopic (exact) mass is 145 g/mol. The Kier molecular flexibility index (Phi) is 2.11. The van der Waals surface area contributed by atoms with Gasteiger partial charge in [0.15, 0.2) is 0 Å². The lowest BCUT2D eigenvalue weighted by molar-refractivity contribution is -0.0113. The van der Waals surface area contributed by atoms with E-state index in [0.29, 0.717) is 13.0 Å². The van der Waals surface area contributed by atoms with Gasteiger partial charge >= 0.3 is 6.09 Å². The van der Waals surface area contributed by atoms with Crippen LogP contribution in [-0.2, 0) is 0 Å². The molecule has 0 spiro atoms. The SMILES string of the molecule is O=C(O)N1CCCCC1O. The summed E-state index contributed by atoms with van der Waals surface area (Å²) in [5.41, 5.74) is 0. The number of piperidine rings is 1. The van der Waals surface area contributed by atoms with Crippen molar-refractivity contribution < 1.29 is 15.0 Å². The fraction of sp³-hybridized carbons (Fsp3) is 0.833. The lowest BCUT2D eigenvalue weighted by atomic mass is 10.1. The lowest BCUT2D eigenvalue weighted by Crippen LogP contribution is -2.42. The van der Waals surface area contributed by atoms with Gasteiger partial charge in [0.25, 0.3) is 0 Å². The molecule has 0 aromatic rings. The number of hydrogen-bond donors (Lipinski definition) is 2. The van der Waals surface area contributed by atoms with Crippen molar-refractivity contribution in [1.29, 1.82) is 0 Å². The van der Waals surface area contributed by atoms with Crippen LogP contribution in [0.1, 0.15) is 19.3 Å². The minimum atomic E-state index is -1.02. The maximum absolute atomic E-state index is 10.3. The molecule has 0 radical (unpaired) electrons. The Morgan fingerprint density at radius 3 is 2.60 bits per heavy atom. The van der Waals surface area contributed by atoms with Gasteiger partial charge in [-0.25, -0.2) is 4.79 Å². The van der Waals surface area contributed by atoms with E-state index >= 15 is 0 Å². The second kappa shape index (κ2) is 2.88. The van der Waals surface area contributed by atoms with Crippen molar-refractivity contribution in [1.82, 2.24) is 4.90 Å². The van der Waals surface area contributed by atoms with E-state index in [1.54, 1.807) is 0 Å². The number of hydrogen-bond acceptors (Lipinski definition) is 2. The first kappa shape index (κ1) is 7.34. The first-order chi connectivity index (χ1) is 4.72. The van der Waals surface area contributed by atoms with Crippen LogP contribution in [0.3, 0.4) is 0 Å². The molecule has 0 aromatic carbocycles. The number of aliphatic hydroxyl groups excluding tert-OH is 1. The fourth-order valence-corrected chi connectivity index (χ4v) is 1.14. The molecule has 1 unspecified atom stereocenters. The zero-order valence-corrected chi connectivity index (χ0v) is 5.66. The summed E-state index contributed by atoms with van der Waals surface area (Å²) >= 11 is 0. The number of carboxylic acid groups (broad SMARTS) is 1. The first-order valence-electron chi connectivity index (χ1n) is 3.39. The predicted octanol–water partition coefficient (Wildman–Crippen LogP) is 0.469. The molecular formula is C6H11NO3. The van der Waals surface area contributed by atoms with Crippen molar-refractivity contribution in [2.75, 3.05) is 6.54 Å². The van der Waals surface area contributed by atoms with Crippen molar-refractivity contribution in [2.24, 2.45) is 0 Å². The molecule has 4 nitrogen and oxygen atoms in total. The van der Waals surface area contributed by atoms with Crippen molar-refractivity contribution in [3.05, 3.63) is 0 Å². The van der Waals surface area contributed by atoms with Crippen LogP contribution in [-0.4, -0.2) is 34.0 Å². The van der Waals surface area contributed by atoms with E-state index in [4.69, 9.17) is 10.2 Å². The summed E-state index contributed by atoms with van der Waals surface area (Å²) in [5.74, 6) is 0. The smallest absolute Gasteiger partial charge is 0.409 e. The van der Waals surface area contributed by atoms with Crippen LogP contribution < -0.4 is 0 Å². The van der Waals surface area contributed by atoms with Gasteiger partial charge in [0, 0.05) is 6.54 Å². The predicted molar refractivity (Wildman–Crippen MR) is 34.6 cm³/mol. The molecule has 10 heavy (non-hydrogen) atoms. The fourth-order valence-electron chi connectivity index (χ4n) is 1.14. The van der Waals surface area contributed by atoms with Crippen LogP contribution >= 0.6 is 0 Å². The number of likely N-dealkylation sites (tertiary alicyclic amines) is 1. The van der Waals surface area contributed by atoms with Gasteiger partial charge in [0.2, 0.25) is 0 Å².